The quantitative estimate of drug-likeness (QED) is 0.506. The van der Waals surface area contributed by atoms with Gasteiger partial charge in [0.1, 0.15) is 0 Å². The lowest BCUT2D eigenvalue weighted by Crippen LogP contribution is -2.14. The third-order valence-corrected chi connectivity index (χ3v) is 4.75. The first-order valence-electron chi connectivity index (χ1n) is 9.27. The molecule has 0 fully saturated rings. The Labute approximate surface area is 161 Å². The molecule has 0 saturated heterocycles. The fraction of sp³-hybridized carbons (Fsp3) is 0.250. The van der Waals surface area contributed by atoms with E-state index in [1.54, 1.807) is 0 Å². The third kappa shape index (κ3) is 4.62. The van der Waals surface area contributed by atoms with Crippen molar-refractivity contribution in [2.45, 2.75) is 39.0 Å². The van der Waals surface area contributed by atoms with Gasteiger partial charge in [0.2, 0.25) is 11.8 Å². The Morgan fingerprint density at radius 2 is 1.41 bits per heavy atom. The fourth-order valence-corrected chi connectivity index (χ4v) is 3.02. The average Bonchev–Trinajstić information content (AvgIpc) is 2.68. The SMILES string of the molecule is CC(C)(C)c1ccc(C(=N)OC(=N)c2ccc(C3=CC=CCC3)cc2)cc1. The van der Waals surface area contributed by atoms with E-state index in [2.05, 4.69) is 39.0 Å². The Morgan fingerprint density at radius 3 is 1.89 bits per heavy atom. The van der Waals surface area contributed by atoms with Crippen molar-refractivity contribution in [3.05, 3.63) is 89.0 Å². The molecule has 3 heteroatoms. The number of benzene rings is 2. The molecule has 3 rings (SSSR count). The number of allylic oxidation sites excluding steroid dienone is 4. The lowest BCUT2D eigenvalue weighted by atomic mass is 9.87. The second kappa shape index (κ2) is 7.75. The largest absolute Gasteiger partial charge is 0.421 e. The maximum absolute atomic E-state index is 8.18. The van der Waals surface area contributed by atoms with Crippen LogP contribution in [-0.2, 0) is 10.2 Å². The van der Waals surface area contributed by atoms with E-state index in [4.69, 9.17) is 15.6 Å². The molecule has 0 atom stereocenters. The van der Waals surface area contributed by atoms with E-state index in [1.165, 1.54) is 16.7 Å². The van der Waals surface area contributed by atoms with E-state index in [0.717, 1.165) is 12.8 Å². The standard InChI is InChI=1S/C24H26N2O/c1-24(2,3)21-15-13-20(14-16-21)23(26)27-22(25)19-11-9-18(10-12-19)17-7-5-4-6-8-17/h4-5,7,9-16,25-26H,6,8H2,1-3H3. The molecule has 2 N–H and O–H groups in total. The Bertz CT molecular complexity index is 895. The highest BCUT2D eigenvalue weighted by Gasteiger charge is 2.15. The fourth-order valence-electron chi connectivity index (χ4n) is 3.02. The molecule has 0 spiro atoms. The summed E-state index contributed by atoms with van der Waals surface area (Å²) in [6.45, 7) is 6.47. The van der Waals surface area contributed by atoms with Gasteiger partial charge < -0.3 is 4.74 Å². The average molecular weight is 358 g/mol. The van der Waals surface area contributed by atoms with Crippen LogP contribution in [0.5, 0.6) is 0 Å². The van der Waals surface area contributed by atoms with Gasteiger partial charge in [0.25, 0.3) is 0 Å². The smallest absolute Gasteiger partial charge is 0.221 e. The normalized spacial score (nSPS) is 13.8. The molecular weight excluding hydrogens is 332 g/mol. The summed E-state index contributed by atoms with van der Waals surface area (Å²) < 4.78 is 5.47. The predicted molar refractivity (Wildman–Crippen MR) is 113 cm³/mol. The number of ether oxygens (including phenoxy) is 1. The summed E-state index contributed by atoms with van der Waals surface area (Å²) in [6.07, 6.45) is 8.50. The van der Waals surface area contributed by atoms with E-state index in [1.807, 2.05) is 48.5 Å². The van der Waals surface area contributed by atoms with Crippen molar-refractivity contribution in [1.82, 2.24) is 0 Å². The van der Waals surface area contributed by atoms with Gasteiger partial charge >= 0.3 is 0 Å². The highest BCUT2D eigenvalue weighted by atomic mass is 16.5. The summed E-state index contributed by atoms with van der Waals surface area (Å²) in [6, 6.07) is 15.6. The van der Waals surface area contributed by atoms with Crippen LogP contribution in [-0.4, -0.2) is 11.8 Å². The first-order valence-corrected chi connectivity index (χ1v) is 9.27. The van der Waals surface area contributed by atoms with Crippen molar-refractivity contribution in [2.24, 2.45) is 0 Å². The molecule has 1 aliphatic rings. The van der Waals surface area contributed by atoms with Gasteiger partial charge in [0.15, 0.2) is 0 Å². The lowest BCUT2D eigenvalue weighted by molar-refractivity contribution is 0.538. The third-order valence-electron chi connectivity index (χ3n) is 4.75. The van der Waals surface area contributed by atoms with Crippen LogP contribution < -0.4 is 0 Å². The van der Waals surface area contributed by atoms with Crippen LogP contribution >= 0.6 is 0 Å². The Kier molecular flexibility index (Phi) is 5.41. The predicted octanol–water partition coefficient (Wildman–Crippen LogP) is 6.09. The van der Waals surface area contributed by atoms with Crippen LogP contribution in [0.15, 0.2) is 66.8 Å². The molecule has 0 unspecified atom stereocenters. The molecule has 0 radical (unpaired) electrons. The highest BCUT2D eigenvalue weighted by molar-refractivity contribution is 6.04. The van der Waals surface area contributed by atoms with Gasteiger partial charge in [-0.1, -0.05) is 63.3 Å². The van der Waals surface area contributed by atoms with Gasteiger partial charge in [-0.2, -0.15) is 0 Å². The van der Waals surface area contributed by atoms with Crippen LogP contribution in [0.3, 0.4) is 0 Å². The number of hydrogen-bond donors (Lipinski definition) is 2. The molecule has 2 aromatic carbocycles. The van der Waals surface area contributed by atoms with E-state index in [0.29, 0.717) is 11.1 Å². The molecule has 0 aliphatic heterocycles. The molecule has 27 heavy (non-hydrogen) atoms. The summed E-state index contributed by atoms with van der Waals surface area (Å²) >= 11 is 0. The minimum Gasteiger partial charge on any atom is -0.421 e. The minimum absolute atomic E-state index is 0.00957. The van der Waals surface area contributed by atoms with E-state index in [9.17, 15) is 0 Å². The van der Waals surface area contributed by atoms with E-state index < -0.39 is 0 Å². The monoisotopic (exact) mass is 358 g/mol. The van der Waals surface area contributed by atoms with Crippen LogP contribution in [0.1, 0.15) is 55.9 Å². The summed E-state index contributed by atoms with van der Waals surface area (Å²) in [5.41, 5.74) is 5.09. The molecule has 3 nitrogen and oxygen atoms in total. The molecular formula is C24H26N2O. The number of rotatable bonds is 3. The summed E-state index contributed by atoms with van der Waals surface area (Å²) in [5.74, 6) is -0.0198. The zero-order valence-electron chi connectivity index (χ0n) is 16.2. The molecule has 1 aliphatic carbocycles. The van der Waals surface area contributed by atoms with E-state index in [-0.39, 0.29) is 17.2 Å². The molecule has 0 saturated carbocycles. The second-order valence-corrected chi connectivity index (χ2v) is 7.82. The molecule has 0 aromatic heterocycles. The maximum Gasteiger partial charge on any atom is 0.221 e. The molecule has 0 amide bonds. The zero-order chi connectivity index (χ0) is 19.4. The van der Waals surface area contributed by atoms with Gasteiger partial charge in [-0.05, 0) is 59.2 Å². The van der Waals surface area contributed by atoms with Gasteiger partial charge in [-0.15, -0.1) is 0 Å². The molecule has 2 aromatic rings. The molecule has 0 heterocycles. The molecule has 0 bridgehead atoms. The van der Waals surface area contributed by atoms with Gasteiger partial charge in [0, 0.05) is 11.1 Å². The lowest BCUT2D eigenvalue weighted by Gasteiger charge is -2.19. The topological polar surface area (TPSA) is 56.9 Å². The van der Waals surface area contributed by atoms with Crippen LogP contribution in [0, 0.1) is 10.8 Å². The maximum atomic E-state index is 8.18. The van der Waals surface area contributed by atoms with Crippen molar-refractivity contribution in [3.63, 3.8) is 0 Å². The highest BCUT2D eigenvalue weighted by Crippen LogP contribution is 2.24. The number of nitrogens with one attached hydrogen (secondary N) is 2. The first kappa shape index (κ1) is 18.8. The minimum atomic E-state index is -0.0102. The Hall–Kier alpha value is -2.94. The van der Waals surface area contributed by atoms with Gasteiger partial charge in [0.05, 0.1) is 0 Å². The Balaban J connectivity index is 1.67. The second-order valence-electron chi connectivity index (χ2n) is 7.82. The van der Waals surface area contributed by atoms with Crippen molar-refractivity contribution >= 4 is 17.4 Å². The van der Waals surface area contributed by atoms with E-state index >= 15 is 0 Å². The van der Waals surface area contributed by atoms with Crippen molar-refractivity contribution in [1.29, 1.82) is 10.8 Å². The van der Waals surface area contributed by atoms with Crippen molar-refractivity contribution in [2.75, 3.05) is 0 Å². The van der Waals surface area contributed by atoms with Gasteiger partial charge in [-0.3, -0.25) is 10.8 Å². The van der Waals surface area contributed by atoms with Crippen molar-refractivity contribution in [3.8, 4) is 0 Å². The van der Waals surface area contributed by atoms with Crippen LogP contribution in [0.4, 0.5) is 0 Å². The summed E-state index contributed by atoms with van der Waals surface area (Å²) in [5, 5.41) is 16.3. The summed E-state index contributed by atoms with van der Waals surface area (Å²) in [7, 11) is 0. The summed E-state index contributed by atoms with van der Waals surface area (Å²) in [4.78, 5) is 0. The van der Waals surface area contributed by atoms with Gasteiger partial charge in [-0.25, -0.2) is 0 Å². The first-order chi connectivity index (χ1) is 12.8. The zero-order valence-corrected chi connectivity index (χ0v) is 16.2. The molecule has 138 valence electrons. The Morgan fingerprint density at radius 1 is 0.852 bits per heavy atom. The van der Waals surface area contributed by atoms with Crippen molar-refractivity contribution < 1.29 is 4.74 Å². The number of hydrogen-bond acceptors (Lipinski definition) is 3. The van der Waals surface area contributed by atoms with Crippen LogP contribution in [0.2, 0.25) is 0 Å². The van der Waals surface area contributed by atoms with Crippen LogP contribution in [0.25, 0.3) is 5.57 Å².